The van der Waals surface area contributed by atoms with E-state index in [0.717, 1.165) is 13.0 Å². The van der Waals surface area contributed by atoms with Gasteiger partial charge in [0.2, 0.25) is 0 Å². The Morgan fingerprint density at radius 2 is 2.06 bits per heavy atom. The molecule has 17 heavy (non-hydrogen) atoms. The number of hydrogen-bond acceptors (Lipinski definition) is 2. The lowest BCUT2D eigenvalue weighted by Crippen LogP contribution is -2.48. The fourth-order valence-corrected chi connectivity index (χ4v) is 1.61. The van der Waals surface area contributed by atoms with E-state index in [4.69, 9.17) is 5.11 Å². The predicted molar refractivity (Wildman–Crippen MR) is 69.2 cm³/mol. The van der Waals surface area contributed by atoms with Crippen molar-refractivity contribution < 1.29 is 9.90 Å². The molecule has 0 aliphatic carbocycles. The molecule has 1 N–H and O–H groups in total. The summed E-state index contributed by atoms with van der Waals surface area (Å²) in [7, 11) is 1.85. The molecule has 0 saturated carbocycles. The van der Waals surface area contributed by atoms with Crippen LogP contribution in [0.2, 0.25) is 0 Å². The van der Waals surface area contributed by atoms with Crippen LogP contribution in [0.3, 0.4) is 0 Å². The zero-order valence-corrected chi connectivity index (χ0v) is 11.0. The number of nitrogens with zero attached hydrogens (tertiary/aromatic N) is 1. The number of likely N-dealkylation sites (N-methyl/N-ethyl adjacent to an activating group) is 1. The summed E-state index contributed by atoms with van der Waals surface area (Å²) in [6.45, 7) is 6.26. The van der Waals surface area contributed by atoms with E-state index in [1.807, 2.05) is 18.0 Å². The highest BCUT2D eigenvalue weighted by atomic mass is 16.4. The standard InChI is InChI=1S/C14H21NO2/c1-11-6-5-7-12(10-11)8-9-15(4)14(2,3)13(16)17/h5-7,10H,8-9H2,1-4H3,(H,16,17). The second-order valence-electron chi connectivity index (χ2n) is 5.02. The molecule has 0 spiro atoms. The number of carboxylic acids is 1. The van der Waals surface area contributed by atoms with Crippen molar-refractivity contribution in [3.63, 3.8) is 0 Å². The van der Waals surface area contributed by atoms with Gasteiger partial charge in [0.15, 0.2) is 0 Å². The van der Waals surface area contributed by atoms with Crippen LogP contribution in [0, 0.1) is 6.92 Å². The number of carbonyl (C=O) groups is 1. The molecule has 1 aromatic rings. The first-order valence-electron chi connectivity index (χ1n) is 5.84. The molecule has 0 unspecified atom stereocenters. The van der Waals surface area contributed by atoms with Gasteiger partial charge < -0.3 is 5.11 Å². The predicted octanol–water partition coefficient (Wildman–Crippen LogP) is 2.33. The van der Waals surface area contributed by atoms with Crippen LogP contribution >= 0.6 is 0 Å². The van der Waals surface area contributed by atoms with Gasteiger partial charge in [-0.15, -0.1) is 0 Å². The van der Waals surface area contributed by atoms with Crippen molar-refractivity contribution in [1.29, 1.82) is 0 Å². The van der Waals surface area contributed by atoms with Crippen molar-refractivity contribution in [2.45, 2.75) is 32.7 Å². The van der Waals surface area contributed by atoms with Gasteiger partial charge in [-0.2, -0.15) is 0 Å². The van der Waals surface area contributed by atoms with Crippen molar-refractivity contribution in [3.8, 4) is 0 Å². The summed E-state index contributed by atoms with van der Waals surface area (Å²) >= 11 is 0. The van der Waals surface area contributed by atoms with E-state index in [1.54, 1.807) is 13.8 Å². The Hall–Kier alpha value is -1.35. The third kappa shape index (κ3) is 3.56. The highest BCUT2D eigenvalue weighted by Crippen LogP contribution is 2.13. The molecular formula is C14H21NO2. The molecular weight excluding hydrogens is 214 g/mol. The Labute approximate surface area is 103 Å². The highest BCUT2D eigenvalue weighted by molar-refractivity contribution is 5.77. The smallest absolute Gasteiger partial charge is 0.323 e. The first kappa shape index (κ1) is 13.7. The zero-order chi connectivity index (χ0) is 13.1. The van der Waals surface area contributed by atoms with Gasteiger partial charge in [0.05, 0.1) is 0 Å². The average molecular weight is 235 g/mol. The molecule has 0 amide bonds. The van der Waals surface area contributed by atoms with Gasteiger partial charge in [-0.3, -0.25) is 9.69 Å². The van der Waals surface area contributed by atoms with Crippen molar-refractivity contribution in [3.05, 3.63) is 35.4 Å². The maximum absolute atomic E-state index is 11.1. The van der Waals surface area contributed by atoms with Gasteiger partial charge in [-0.05, 0) is 39.8 Å². The van der Waals surface area contributed by atoms with Gasteiger partial charge in [0.25, 0.3) is 0 Å². The van der Waals surface area contributed by atoms with Crippen LogP contribution < -0.4 is 0 Å². The first-order valence-corrected chi connectivity index (χ1v) is 5.84. The summed E-state index contributed by atoms with van der Waals surface area (Å²) in [5.74, 6) is -0.788. The van der Waals surface area contributed by atoms with Gasteiger partial charge in [0.1, 0.15) is 5.54 Å². The van der Waals surface area contributed by atoms with Crippen LogP contribution in [-0.4, -0.2) is 35.1 Å². The zero-order valence-electron chi connectivity index (χ0n) is 11.0. The summed E-state index contributed by atoms with van der Waals surface area (Å²) in [6.07, 6.45) is 0.870. The van der Waals surface area contributed by atoms with E-state index < -0.39 is 11.5 Å². The van der Waals surface area contributed by atoms with Crippen molar-refractivity contribution in [1.82, 2.24) is 4.90 Å². The molecule has 94 valence electrons. The summed E-state index contributed by atoms with van der Waals surface area (Å²) in [5.41, 5.74) is 1.67. The lowest BCUT2D eigenvalue weighted by molar-refractivity contribution is -0.148. The maximum Gasteiger partial charge on any atom is 0.323 e. The highest BCUT2D eigenvalue weighted by Gasteiger charge is 2.31. The van der Waals surface area contributed by atoms with E-state index in [0.29, 0.717) is 0 Å². The van der Waals surface area contributed by atoms with E-state index in [2.05, 4.69) is 25.1 Å². The number of hydrogen-bond donors (Lipinski definition) is 1. The van der Waals surface area contributed by atoms with E-state index in [-0.39, 0.29) is 0 Å². The number of benzene rings is 1. The number of aryl methyl sites for hydroxylation is 1. The Morgan fingerprint density at radius 3 is 2.59 bits per heavy atom. The van der Waals surface area contributed by atoms with Crippen molar-refractivity contribution >= 4 is 5.97 Å². The minimum Gasteiger partial charge on any atom is -0.480 e. The minimum absolute atomic E-state index is 0.739. The van der Waals surface area contributed by atoms with E-state index >= 15 is 0 Å². The molecule has 1 rings (SSSR count). The van der Waals surface area contributed by atoms with Crippen LogP contribution in [0.4, 0.5) is 0 Å². The Bertz CT molecular complexity index is 399. The molecule has 0 aliphatic heterocycles. The summed E-state index contributed by atoms with van der Waals surface area (Å²) < 4.78 is 0. The molecule has 0 fully saturated rings. The lowest BCUT2D eigenvalue weighted by Gasteiger charge is -2.31. The Morgan fingerprint density at radius 1 is 1.41 bits per heavy atom. The lowest BCUT2D eigenvalue weighted by atomic mass is 10.0. The van der Waals surface area contributed by atoms with Gasteiger partial charge in [0, 0.05) is 6.54 Å². The SMILES string of the molecule is Cc1cccc(CCN(C)C(C)(C)C(=O)O)c1. The van der Waals surface area contributed by atoms with Gasteiger partial charge in [-0.1, -0.05) is 29.8 Å². The Balaban J connectivity index is 2.60. The third-order valence-corrected chi connectivity index (χ3v) is 3.30. The Kier molecular flexibility index (Phi) is 4.29. The van der Waals surface area contributed by atoms with Crippen LogP contribution in [0.15, 0.2) is 24.3 Å². The monoisotopic (exact) mass is 235 g/mol. The largest absolute Gasteiger partial charge is 0.480 e. The molecule has 0 saturated heterocycles. The molecule has 0 bridgehead atoms. The molecule has 0 atom stereocenters. The molecule has 0 heterocycles. The number of rotatable bonds is 5. The van der Waals surface area contributed by atoms with Crippen LogP contribution in [0.25, 0.3) is 0 Å². The fraction of sp³-hybridized carbons (Fsp3) is 0.500. The quantitative estimate of drug-likeness (QED) is 0.851. The van der Waals surface area contributed by atoms with Crippen LogP contribution in [0.5, 0.6) is 0 Å². The molecule has 0 radical (unpaired) electrons. The summed E-state index contributed by atoms with van der Waals surface area (Å²) in [5, 5.41) is 9.11. The fourth-order valence-electron chi connectivity index (χ4n) is 1.61. The number of aliphatic carboxylic acids is 1. The minimum atomic E-state index is -0.816. The molecule has 3 heteroatoms. The maximum atomic E-state index is 11.1. The van der Waals surface area contributed by atoms with E-state index in [1.165, 1.54) is 11.1 Å². The first-order chi connectivity index (χ1) is 7.84. The molecule has 0 aromatic heterocycles. The van der Waals surface area contributed by atoms with Crippen LogP contribution in [0.1, 0.15) is 25.0 Å². The normalized spacial score (nSPS) is 11.8. The second-order valence-corrected chi connectivity index (χ2v) is 5.02. The van der Waals surface area contributed by atoms with Crippen LogP contribution in [-0.2, 0) is 11.2 Å². The summed E-state index contributed by atoms with van der Waals surface area (Å²) in [6, 6.07) is 8.32. The topological polar surface area (TPSA) is 40.5 Å². The molecule has 3 nitrogen and oxygen atoms in total. The van der Waals surface area contributed by atoms with E-state index in [9.17, 15) is 4.79 Å². The molecule has 1 aromatic carbocycles. The van der Waals surface area contributed by atoms with Gasteiger partial charge >= 0.3 is 5.97 Å². The van der Waals surface area contributed by atoms with Gasteiger partial charge in [-0.25, -0.2) is 0 Å². The second kappa shape index (κ2) is 5.32. The summed E-state index contributed by atoms with van der Waals surface area (Å²) in [4.78, 5) is 13.0. The van der Waals surface area contributed by atoms with Crippen molar-refractivity contribution in [2.24, 2.45) is 0 Å². The molecule has 0 aliphatic rings. The third-order valence-electron chi connectivity index (χ3n) is 3.30. The average Bonchev–Trinajstić information content (AvgIpc) is 2.25. The van der Waals surface area contributed by atoms with Crippen molar-refractivity contribution in [2.75, 3.05) is 13.6 Å². The number of carboxylic acid groups (broad SMARTS) is 1.